The number of hydrogen-bond acceptors (Lipinski definition) is 7. The summed E-state index contributed by atoms with van der Waals surface area (Å²) in [5.74, 6) is 0.653. The van der Waals surface area contributed by atoms with Gasteiger partial charge in [-0.1, -0.05) is 29.4 Å². The lowest BCUT2D eigenvalue weighted by molar-refractivity contribution is -0.126. The van der Waals surface area contributed by atoms with Gasteiger partial charge >= 0.3 is 0 Å². The van der Waals surface area contributed by atoms with Gasteiger partial charge in [0.1, 0.15) is 6.33 Å². The zero-order valence-electron chi connectivity index (χ0n) is 18.0. The van der Waals surface area contributed by atoms with Gasteiger partial charge in [0.15, 0.2) is 5.76 Å². The van der Waals surface area contributed by atoms with Crippen LogP contribution in [0.15, 0.2) is 47.4 Å². The number of morpholine rings is 1. The number of rotatable bonds is 6. The standard InChI is InChI=1S/C23H27N5O3/c1-15-8-21(31-27-15)20-10-24-14-26-23(20)19-6-4-18(5-7-19)9-25-22(29)13-28-11-16(2)30-17(3)12-28/h4-8,10,14,16-17H,9,11-13H2,1-3H3,(H,25,29). The van der Waals surface area contributed by atoms with Crippen LogP contribution in [0, 0.1) is 6.92 Å². The number of carbonyl (C=O) groups is 1. The molecular formula is C23H27N5O3. The van der Waals surface area contributed by atoms with Crippen molar-refractivity contribution < 1.29 is 14.1 Å². The predicted molar refractivity (Wildman–Crippen MR) is 116 cm³/mol. The van der Waals surface area contributed by atoms with E-state index >= 15 is 0 Å². The van der Waals surface area contributed by atoms with Crippen molar-refractivity contribution in [2.75, 3.05) is 19.6 Å². The monoisotopic (exact) mass is 421 g/mol. The van der Waals surface area contributed by atoms with Crippen molar-refractivity contribution in [3.8, 4) is 22.6 Å². The first-order valence-electron chi connectivity index (χ1n) is 10.5. The van der Waals surface area contributed by atoms with Gasteiger partial charge in [-0.3, -0.25) is 9.69 Å². The van der Waals surface area contributed by atoms with Crippen LogP contribution < -0.4 is 5.32 Å². The van der Waals surface area contributed by atoms with E-state index in [2.05, 4.69) is 25.3 Å². The largest absolute Gasteiger partial charge is 0.373 e. The van der Waals surface area contributed by atoms with E-state index in [4.69, 9.17) is 9.26 Å². The summed E-state index contributed by atoms with van der Waals surface area (Å²) in [5, 5.41) is 6.96. The highest BCUT2D eigenvalue weighted by Gasteiger charge is 2.23. The minimum Gasteiger partial charge on any atom is -0.373 e. The molecule has 2 atom stereocenters. The average Bonchev–Trinajstić information content (AvgIpc) is 3.18. The molecule has 8 nitrogen and oxygen atoms in total. The van der Waals surface area contributed by atoms with E-state index in [1.165, 1.54) is 6.33 Å². The van der Waals surface area contributed by atoms with E-state index in [1.54, 1.807) is 6.20 Å². The second-order valence-corrected chi connectivity index (χ2v) is 8.04. The number of hydrogen-bond donors (Lipinski definition) is 1. The highest BCUT2D eigenvalue weighted by atomic mass is 16.5. The minimum absolute atomic E-state index is 0.0177. The van der Waals surface area contributed by atoms with Crippen LogP contribution in [0.4, 0.5) is 0 Å². The van der Waals surface area contributed by atoms with E-state index in [0.717, 1.165) is 41.2 Å². The van der Waals surface area contributed by atoms with Gasteiger partial charge in [-0.15, -0.1) is 0 Å². The number of nitrogens with one attached hydrogen (secondary N) is 1. The van der Waals surface area contributed by atoms with Crippen molar-refractivity contribution in [2.24, 2.45) is 0 Å². The number of amides is 1. The lowest BCUT2D eigenvalue weighted by Gasteiger charge is -2.34. The Morgan fingerprint density at radius 3 is 2.61 bits per heavy atom. The van der Waals surface area contributed by atoms with E-state index in [1.807, 2.05) is 51.1 Å². The van der Waals surface area contributed by atoms with Crippen molar-refractivity contribution in [3.63, 3.8) is 0 Å². The van der Waals surface area contributed by atoms with Gasteiger partial charge in [0.2, 0.25) is 5.91 Å². The summed E-state index contributed by atoms with van der Waals surface area (Å²) in [5.41, 5.74) is 4.33. The van der Waals surface area contributed by atoms with E-state index < -0.39 is 0 Å². The van der Waals surface area contributed by atoms with Crippen LogP contribution in [0.2, 0.25) is 0 Å². The van der Waals surface area contributed by atoms with Gasteiger partial charge in [-0.25, -0.2) is 9.97 Å². The predicted octanol–water partition coefficient (Wildman–Crippen LogP) is 2.83. The maximum atomic E-state index is 12.4. The van der Waals surface area contributed by atoms with E-state index in [-0.39, 0.29) is 18.1 Å². The number of ether oxygens (including phenoxy) is 1. The number of carbonyl (C=O) groups excluding carboxylic acids is 1. The Balaban J connectivity index is 1.38. The molecule has 3 heterocycles. The van der Waals surface area contributed by atoms with Crippen LogP contribution >= 0.6 is 0 Å². The maximum absolute atomic E-state index is 12.4. The second kappa shape index (κ2) is 9.36. The van der Waals surface area contributed by atoms with Gasteiger partial charge < -0.3 is 14.6 Å². The molecule has 1 aliphatic rings. The fraction of sp³-hybridized carbons (Fsp3) is 0.391. The molecule has 4 rings (SSSR count). The van der Waals surface area contributed by atoms with Crippen molar-refractivity contribution in [1.82, 2.24) is 25.3 Å². The summed E-state index contributed by atoms with van der Waals surface area (Å²) in [6, 6.07) is 9.82. The van der Waals surface area contributed by atoms with Crippen LogP contribution in [-0.4, -0.2) is 57.8 Å². The first kappa shape index (κ1) is 21.1. The van der Waals surface area contributed by atoms with Crippen LogP contribution in [0.1, 0.15) is 25.1 Å². The summed E-state index contributed by atoms with van der Waals surface area (Å²) in [6.45, 7) is 8.36. The number of nitrogens with zero attached hydrogens (tertiary/aromatic N) is 4. The smallest absolute Gasteiger partial charge is 0.234 e. The highest BCUT2D eigenvalue weighted by molar-refractivity contribution is 5.78. The third-order valence-corrected chi connectivity index (χ3v) is 5.19. The van der Waals surface area contributed by atoms with Crippen molar-refractivity contribution >= 4 is 5.91 Å². The fourth-order valence-electron chi connectivity index (χ4n) is 3.88. The average molecular weight is 422 g/mol. The molecule has 1 amide bonds. The molecule has 0 bridgehead atoms. The van der Waals surface area contributed by atoms with Gasteiger partial charge in [-0.05, 0) is 26.3 Å². The minimum atomic E-state index is 0.0177. The molecule has 0 spiro atoms. The Morgan fingerprint density at radius 2 is 1.94 bits per heavy atom. The SMILES string of the molecule is Cc1cc(-c2cncnc2-c2ccc(CNC(=O)CN3CC(C)OC(C)C3)cc2)on1. The highest BCUT2D eigenvalue weighted by Crippen LogP contribution is 2.30. The maximum Gasteiger partial charge on any atom is 0.234 e. The third kappa shape index (κ3) is 5.34. The molecule has 1 aliphatic heterocycles. The Morgan fingerprint density at radius 1 is 1.19 bits per heavy atom. The lowest BCUT2D eigenvalue weighted by Crippen LogP contribution is -2.49. The zero-order chi connectivity index (χ0) is 21.8. The number of aryl methyl sites for hydroxylation is 1. The molecule has 1 saturated heterocycles. The molecule has 0 saturated carbocycles. The van der Waals surface area contributed by atoms with Crippen LogP contribution in [0.25, 0.3) is 22.6 Å². The number of benzene rings is 1. The topological polar surface area (TPSA) is 93.4 Å². The Labute approximate surface area is 181 Å². The molecule has 8 heteroatoms. The lowest BCUT2D eigenvalue weighted by atomic mass is 10.0. The molecule has 0 aliphatic carbocycles. The fourth-order valence-corrected chi connectivity index (χ4v) is 3.88. The molecule has 0 radical (unpaired) electrons. The van der Waals surface area contributed by atoms with Crippen molar-refractivity contribution in [1.29, 1.82) is 0 Å². The summed E-state index contributed by atoms with van der Waals surface area (Å²) in [6.07, 6.45) is 3.54. The molecule has 1 N–H and O–H groups in total. The summed E-state index contributed by atoms with van der Waals surface area (Å²) < 4.78 is 11.1. The summed E-state index contributed by atoms with van der Waals surface area (Å²) >= 11 is 0. The van der Waals surface area contributed by atoms with Gasteiger partial charge in [-0.2, -0.15) is 0 Å². The number of aromatic nitrogens is 3. The molecule has 1 fully saturated rings. The van der Waals surface area contributed by atoms with Crippen LogP contribution in [-0.2, 0) is 16.1 Å². The van der Waals surface area contributed by atoms with Gasteiger partial charge in [0.25, 0.3) is 0 Å². The Hall–Kier alpha value is -3.10. The Kier molecular flexibility index (Phi) is 6.39. The first-order chi connectivity index (χ1) is 15.0. The van der Waals surface area contributed by atoms with Gasteiger partial charge in [0.05, 0.1) is 35.7 Å². The molecule has 162 valence electrons. The van der Waals surface area contributed by atoms with E-state index in [9.17, 15) is 4.79 Å². The van der Waals surface area contributed by atoms with Crippen molar-refractivity contribution in [3.05, 3.63) is 54.1 Å². The molecule has 2 unspecified atom stereocenters. The van der Waals surface area contributed by atoms with Gasteiger partial charge in [0, 0.05) is 37.5 Å². The molecular weight excluding hydrogens is 394 g/mol. The van der Waals surface area contributed by atoms with Crippen molar-refractivity contribution in [2.45, 2.75) is 39.5 Å². The summed E-state index contributed by atoms with van der Waals surface area (Å²) in [7, 11) is 0. The zero-order valence-corrected chi connectivity index (χ0v) is 18.0. The van der Waals surface area contributed by atoms with Crippen LogP contribution in [0.5, 0.6) is 0 Å². The first-order valence-corrected chi connectivity index (χ1v) is 10.5. The molecule has 2 aromatic heterocycles. The molecule has 31 heavy (non-hydrogen) atoms. The quantitative estimate of drug-likeness (QED) is 0.654. The second-order valence-electron chi connectivity index (χ2n) is 8.04. The van der Waals surface area contributed by atoms with Crippen LogP contribution in [0.3, 0.4) is 0 Å². The third-order valence-electron chi connectivity index (χ3n) is 5.19. The summed E-state index contributed by atoms with van der Waals surface area (Å²) in [4.78, 5) is 23.1. The Bertz CT molecular complexity index is 1020. The molecule has 3 aromatic rings. The normalized spacial score (nSPS) is 19.3. The molecule has 1 aromatic carbocycles. The van der Waals surface area contributed by atoms with E-state index in [0.29, 0.717) is 18.8 Å².